The molecule has 0 saturated heterocycles. The maximum Gasteiger partial charge on any atom is 0.0958 e. The molecule has 0 spiro atoms. The Morgan fingerprint density at radius 2 is 1.71 bits per heavy atom. The van der Waals surface area contributed by atoms with Gasteiger partial charge in [-0.15, -0.1) is 0 Å². The van der Waals surface area contributed by atoms with Crippen molar-refractivity contribution >= 4 is 0 Å². The van der Waals surface area contributed by atoms with Crippen molar-refractivity contribution in [3.8, 4) is 0 Å². The normalized spacial score (nSPS) is 57.8. The first kappa shape index (κ1) is 17.1. The van der Waals surface area contributed by atoms with E-state index in [1.807, 2.05) is 0 Å². The molecule has 3 fully saturated rings. The summed E-state index contributed by atoms with van der Waals surface area (Å²) in [6.07, 6.45) is 10.9. The Morgan fingerprint density at radius 1 is 1.00 bits per heavy atom. The summed E-state index contributed by atoms with van der Waals surface area (Å²) in [4.78, 5) is 0. The Bertz CT molecular complexity index is 543. The van der Waals surface area contributed by atoms with Crippen LogP contribution in [0.3, 0.4) is 0 Å². The predicted molar refractivity (Wildman–Crippen MR) is 94.3 cm³/mol. The van der Waals surface area contributed by atoms with E-state index in [0.717, 1.165) is 44.9 Å². The summed E-state index contributed by atoms with van der Waals surface area (Å²) >= 11 is 0. The molecule has 0 amide bonds. The van der Waals surface area contributed by atoms with Gasteiger partial charge in [0.25, 0.3) is 0 Å². The smallest absolute Gasteiger partial charge is 0.0958 e. The highest BCUT2D eigenvalue weighted by Gasteiger charge is 2.65. The molecule has 0 aromatic heterocycles. The molecule has 3 heteroatoms. The van der Waals surface area contributed by atoms with Gasteiger partial charge in [-0.1, -0.05) is 26.0 Å². The van der Waals surface area contributed by atoms with Crippen molar-refractivity contribution in [2.45, 2.75) is 83.5 Å². The Balaban J connectivity index is 1.68. The highest BCUT2D eigenvalue weighted by atomic mass is 16.3. The van der Waals surface area contributed by atoms with Gasteiger partial charge in [-0.25, -0.2) is 0 Å². The van der Waals surface area contributed by atoms with Gasteiger partial charge in [-0.05, 0) is 81.0 Å². The van der Waals surface area contributed by atoms with Crippen LogP contribution in [0.25, 0.3) is 0 Å². The van der Waals surface area contributed by atoms with Crippen molar-refractivity contribution in [2.24, 2.45) is 34.5 Å². The first-order valence-electron chi connectivity index (χ1n) is 9.99. The number of aliphatic hydroxyl groups is 3. The first-order chi connectivity index (χ1) is 11.2. The standard InChI is InChI=1S/C21H34O3/c1-13(22)21(24)11-8-18-16-5-4-14-12-15(23)6-9-19(14,2)17(16)7-10-20(18,21)3/h4-5,13-18,22-24H,6-12H2,1-3H3/t13-,14-,15-,16+,17-,18-,19-,20-,21-/m0/s1. The number of hydrogen-bond donors (Lipinski definition) is 3. The lowest BCUT2D eigenvalue weighted by Crippen LogP contribution is -2.58. The van der Waals surface area contributed by atoms with Crippen LogP contribution in [0.1, 0.15) is 65.7 Å². The molecule has 0 radical (unpaired) electrons. The summed E-state index contributed by atoms with van der Waals surface area (Å²) in [5, 5.41) is 31.6. The summed E-state index contributed by atoms with van der Waals surface area (Å²) in [7, 11) is 0. The lowest BCUT2D eigenvalue weighted by atomic mass is 9.46. The summed E-state index contributed by atoms with van der Waals surface area (Å²) < 4.78 is 0. The van der Waals surface area contributed by atoms with Crippen LogP contribution in [0.2, 0.25) is 0 Å². The second-order valence-electron chi connectivity index (χ2n) is 9.81. The second kappa shape index (κ2) is 5.31. The summed E-state index contributed by atoms with van der Waals surface area (Å²) in [5.41, 5.74) is -0.813. The molecular weight excluding hydrogens is 300 g/mol. The zero-order valence-electron chi connectivity index (χ0n) is 15.4. The topological polar surface area (TPSA) is 60.7 Å². The molecule has 3 nitrogen and oxygen atoms in total. The van der Waals surface area contributed by atoms with Crippen LogP contribution in [-0.4, -0.2) is 33.1 Å². The lowest BCUT2D eigenvalue weighted by Gasteiger charge is -2.59. The summed E-state index contributed by atoms with van der Waals surface area (Å²) in [6.45, 7) is 6.43. The van der Waals surface area contributed by atoms with E-state index in [9.17, 15) is 15.3 Å². The monoisotopic (exact) mass is 334 g/mol. The molecule has 0 aliphatic heterocycles. The van der Waals surface area contributed by atoms with E-state index in [0.29, 0.717) is 29.1 Å². The molecule has 9 atom stereocenters. The highest BCUT2D eigenvalue weighted by molar-refractivity contribution is 5.21. The number of fused-ring (bicyclic) bond motifs is 5. The average molecular weight is 335 g/mol. The zero-order valence-corrected chi connectivity index (χ0v) is 15.4. The van der Waals surface area contributed by atoms with Gasteiger partial charge in [0.2, 0.25) is 0 Å². The first-order valence-corrected chi connectivity index (χ1v) is 9.99. The fourth-order valence-electron chi connectivity index (χ4n) is 7.34. The molecule has 0 bridgehead atoms. The van der Waals surface area contributed by atoms with Gasteiger partial charge in [0.1, 0.15) is 0 Å². The van der Waals surface area contributed by atoms with Crippen LogP contribution in [-0.2, 0) is 0 Å². The van der Waals surface area contributed by atoms with Crippen LogP contribution >= 0.6 is 0 Å². The second-order valence-corrected chi connectivity index (χ2v) is 9.81. The van der Waals surface area contributed by atoms with Crippen molar-refractivity contribution in [1.82, 2.24) is 0 Å². The van der Waals surface area contributed by atoms with E-state index in [1.54, 1.807) is 6.92 Å². The van der Waals surface area contributed by atoms with E-state index in [2.05, 4.69) is 26.0 Å². The van der Waals surface area contributed by atoms with Gasteiger partial charge in [-0.2, -0.15) is 0 Å². The van der Waals surface area contributed by atoms with Crippen molar-refractivity contribution < 1.29 is 15.3 Å². The molecule has 0 unspecified atom stereocenters. The van der Waals surface area contributed by atoms with Gasteiger partial charge in [-0.3, -0.25) is 0 Å². The van der Waals surface area contributed by atoms with Crippen LogP contribution < -0.4 is 0 Å². The van der Waals surface area contributed by atoms with Crippen molar-refractivity contribution in [2.75, 3.05) is 0 Å². The Morgan fingerprint density at radius 3 is 2.42 bits per heavy atom. The van der Waals surface area contributed by atoms with Crippen LogP contribution in [0, 0.1) is 34.5 Å². The lowest BCUT2D eigenvalue weighted by molar-refractivity contribution is -0.171. The van der Waals surface area contributed by atoms with Crippen LogP contribution in [0.4, 0.5) is 0 Å². The third kappa shape index (κ3) is 2.01. The number of hydrogen-bond acceptors (Lipinski definition) is 3. The van der Waals surface area contributed by atoms with Gasteiger partial charge in [0, 0.05) is 5.41 Å². The van der Waals surface area contributed by atoms with E-state index in [4.69, 9.17) is 0 Å². The third-order valence-corrected chi connectivity index (χ3v) is 9.04. The molecule has 0 heterocycles. The Kier molecular flexibility index (Phi) is 3.77. The molecule has 4 rings (SSSR count). The van der Waals surface area contributed by atoms with Crippen LogP contribution in [0.5, 0.6) is 0 Å². The Labute approximate surface area is 146 Å². The minimum atomic E-state index is -0.934. The van der Waals surface area contributed by atoms with E-state index in [1.165, 1.54) is 0 Å². The molecule has 0 aromatic rings. The third-order valence-electron chi connectivity index (χ3n) is 9.04. The maximum absolute atomic E-state index is 11.2. The predicted octanol–water partition coefficient (Wildman–Crippen LogP) is 3.28. The van der Waals surface area contributed by atoms with Gasteiger partial charge in [0.05, 0.1) is 17.8 Å². The fraction of sp³-hybridized carbons (Fsp3) is 0.905. The van der Waals surface area contributed by atoms with Crippen molar-refractivity contribution in [3.63, 3.8) is 0 Å². The van der Waals surface area contributed by atoms with Crippen molar-refractivity contribution in [3.05, 3.63) is 12.2 Å². The highest BCUT2D eigenvalue weighted by Crippen LogP contribution is 2.67. The molecular formula is C21H34O3. The summed E-state index contributed by atoms with van der Waals surface area (Å²) in [5.74, 6) is 2.16. The summed E-state index contributed by atoms with van der Waals surface area (Å²) in [6, 6.07) is 0. The van der Waals surface area contributed by atoms with E-state index < -0.39 is 11.7 Å². The minimum Gasteiger partial charge on any atom is -0.393 e. The average Bonchev–Trinajstić information content (AvgIpc) is 2.81. The molecule has 3 saturated carbocycles. The molecule has 0 aromatic carbocycles. The van der Waals surface area contributed by atoms with Gasteiger partial charge < -0.3 is 15.3 Å². The molecule has 4 aliphatic rings. The zero-order chi connectivity index (χ0) is 17.3. The van der Waals surface area contributed by atoms with E-state index in [-0.39, 0.29) is 11.5 Å². The molecule has 4 aliphatic carbocycles. The fourth-order valence-corrected chi connectivity index (χ4v) is 7.34. The SMILES string of the molecule is C[C@H](O)[C@@]1(O)CC[C@H]2[C@@H]3C=C[C@H]4C[C@@H](O)CC[C@]4(C)[C@H]3CC[C@@]21C. The minimum absolute atomic E-state index is 0.134. The quantitative estimate of drug-likeness (QED) is 0.645. The number of aliphatic hydroxyl groups excluding tert-OH is 2. The van der Waals surface area contributed by atoms with Crippen molar-refractivity contribution in [1.29, 1.82) is 0 Å². The number of rotatable bonds is 1. The largest absolute Gasteiger partial charge is 0.393 e. The molecule has 24 heavy (non-hydrogen) atoms. The van der Waals surface area contributed by atoms with Crippen LogP contribution in [0.15, 0.2) is 12.2 Å². The molecule has 136 valence electrons. The maximum atomic E-state index is 11.2. The van der Waals surface area contributed by atoms with Gasteiger partial charge in [0.15, 0.2) is 0 Å². The number of allylic oxidation sites excluding steroid dienone is 2. The van der Waals surface area contributed by atoms with E-state index >= 15 is 0 Å². The Hall–Kier alpha value is -0.380. The molecule has 3 N–H and O–H groups in total. The van der Waals surface area contributed by atoms with Gasteiger partial charge >= 0.3 is 0 Å².